The van der Waals surface area contributed by atoms with Crippen LogP contribution in [0, 0.1) is 0 Å². The standard InChI is InChI=1S/C12H18N4O2S/c13-7-9(17)15-8-10(18)16-12(3-1-2-4-12)11-14-5-6-19-11/h5-6H,1-4,7-8,13H2,(H,15,17)(H,16,18). The SMILES string of the molecule is NCC(=O)NCC(=O)NC1(c2nccs2)CCCC1. The first-order chi connectivity index (χ1) is 9.16. The number of rotatable bonds is 5. The number of thiazole rings is 1. The van der Waals surface area contributed by atoms with E-state index in [1.807, 2.05) is 5.38 Å². The lowest BCUT2D eigenvalue weighted by Crippen LogP contribution is -2.48. The molecular formula is C12H18N4O2S. The van der Waals surface area contributed by atoms with Gasteiger partial charge in [0.25, 0.3) is 0 Å². The Labute approximate surface area is 115 Å². The number of hydrogen-bond donors (Lipinski definition) is 3. The molecular weight excluding hydrogens is 264 g/mol. The van der Waals surface area contributed by atoms with Crippen LogP contribution in [0.25, 0.3) is 0 Å². The van der Waals surface area contributed by atoms with Gasteiger partial charge < -0.3 is 16.4 Å². The zero-order chi connectivity index (χ0) is 13.7. The summed E-state index contributed by atoms with van der Waals surface area (Å²) in [6, 6.07) is 0. The van der Waals surface area contributed by atoms with Crippen molar-refractivity contribution >= 4 is 23.2 Å². The van der Waals surface area contributed by atoms with Crippen molar-refractivity contribution in [2.75, 3.05) is 13.1 Å². The van der Waals surface area contributed by atoms with Crippen molar-refractivity contribution in [1.29, 1.82) is 0 Å². The Bertz CT molecular complexity index is 441. The summed E-state index contributed by atoms with van der Waals surface area (Å²) in [6.07, 6.45) is 5.71. The van der Waals surface area contributed by atoms with Gasteiger partial charge >= 0.3 is 0 Å². The van der Waals surface area contributed by atoms with Gasteiger partial charge in [0.2, 0.25) is 11.8 Å². The molecule has 104 valence electrons. The first kappa shape index (κ1) is 14.0. The maximum Gasteiger partial charge on any atom is 0.240 e. The largest absolute Gasteiger partial charge is 0.346 e. The zero-order valence-corrected chi connectivity index (χ0v) is 11.5. The summed E-state index contributed by atoms with van der Waals surface area (Å²) >= 11 is 1.56. The monoisotopic (exact) mass is 282 g/mol. The summed E-state index contributed by atoms with van der Waals surface area (Å²) in [7, 11) is 0. The Hall–Kier alpha value is -1.47. The minimum Gasteiger partial charge on any atom is -0.346 e. The van der Waals surface area contributed by atoms with Crippen LogP contribution < -0.4 is 16.4 Å². The van der Waals surface area contributed by atoms with Crippen molar-refractivity contribution in [2.45, 2.75) is 31.2 Å². The van der Waals surface area contributed by atoms with Gasteiger partial charge in [-0.25, -0.2) is 4.98 Å². The lowest BCUT2D eigenvalue weighted by atomic mass is 9.98. The molecule has 19 heavy (non-hydrogen) atoms. The molecule has 0 aliphatic heterocycles. The van der Waals surface area contributed by atoms with E-state index in [-0.39, 0.29) is 30.4 Å². The topological polar surface area (TPSA) is 97.1 Å². The van der Waals surface area contributed by atoms with E-state index in [9.17, 15) is 9.59 Å². The molecule has 0 unspecified atom stereocenters. The number of carbonyl (C=O) groups is 2. The molecule has 1 aromatic rings. The number of nitrogens with one attached hydrogen (secondary N) is 2. The Morgan fingerprint density at radius 2 is 2.11 bits per heavy atom. The molecule has 0 atom stereocenters. The molecule has 7 heteroatoms. The number of carbonyl (C=O) groups excluding carboxylic acids is 2. The number of nitrogens with zero attached hydrogens (tertiary/aromatic N) is 1. The molecule has 2 amide bonds. The predicted octanol–water partition coefficient (Wildman–Crippen LogP) is 0.103. The molecule has 4 N–H and O–H groups in total. The van der Waals surface area contributed by atoms with Gasteiger partial charge in [-0.1, -0.05) is 12.8 Å². The predicted molar refractivity (Wildman–Crippen MR) is 72.5 cm³/mol. The second kappa shape index (κ2) is 6.12. The molecule has 1 aliphatic rings. The maximum atomic E-state index is 11.9. The molecule has 0 aromatic carbocycles. The fourth-order valence-corrected chi connectivity index (χ4v) is 3.25. The fourth-order valence-electron chi connectivity index (χ4n) is 2.39. The van der Waals surface area contributed by atoms with Crippen LogP contribution in [0.15, 0.2) is 11.6 Å². The summed E-state index contributed by atoms with van der Waals surface area (Å²) in [4.78, 5) is 27.3. The molecule has 1 fully saturated rings. The van der Waals surface area contributed by atoms with E-state index in [0.29, 0.717) is 0 Å². The highest BCUT2D eigenvalue weighted by Crippen LogP contribution is 2.39. The second-order valence-corrected chi connectivity index (χ2v) is 5.55. The van der Waals surface area contributed by atoms with E-state index in [0.717, 1.165) is 30.7 Å². The van der Waals surface area contributed by atoms with Gasteiger partial charge in [-0.3, -0.25) is 9.59 Å². The van der Waals surface area contributed by atoms with Gasteiger partial charge in [-0.2, -0.15) is 0 Å². The highest BCUT2D eigenvalue weighted by Gasteiger charge is 2.39. The van der Waals surface area contributed by atoms with Crippen LogP contribution >= 0.6 is 11.3 Å². The number of amides is 2. The quantitative estimate of drug-likeness (QED) is 0.713. The molecule has 1 heterocycles. The van der Waals surface area contributed by atoms with E-state index in [1.165, 1.54) is 0 Å². The van der Waals surface area contributed by atoms with Gasteiger partial charge in [0.05, 0.1) is 18.6 Å². The minimum atomic E-state index is -0.349. The average molecular weight is 282 g/mol. The van der Waals surface area contributed by atoms with Crippen LogP contribution in [0.2, 0.25) is 0 Å². The first-order valence-electron chi connectivity index (χ1n) is 6.34. The Morgan fingerprint density at radius 3 is 2.68 bits per heavy atom. The number of aromatic nitrogens is 1. The Balaban J connectivity index is 1.98. The van der Waals surface area contributed by atoms with Crippen molar-refractivity contribution in [3.8, 4) is 0 Å². The fraction of sp³-hybridized carbons (Fsp3) is 0.583. The summed E-state index contributed by atoms with van der Waals surface area (Å²) in [5.74, 6) is -0.524. The molecule has 1 saturated carbocycles. The Kier molecular flexibility index (Phi) is 4.49. The van der Waals surface area contributed by atoms with Crippen molar-refractivity contribution in [1.82, 2.24) is 15.6 Å². The van der Waals surface area contributed by atoms with Gasteiger partial charge in [-0.05, 0) is 12.8 Å². The van der Waals surface area contributed by atoms with Gasteiger partial charge in [-0.15, -0.1) is 11.3 Å². The van der Waals surface area contributed by atoms with Crippen LogP contribution in [-0.4, -0.2) is 29.9 Å². The zero-order valence-electron chi connectivity index (χ0n) is 10.6. The third kappa shape index (κ3) is 3.30. The van der Waals surface area contributed by atoms with Crippen molar-refractivity contribution < 1.29 is 9.59 Å². The van der Waals surface area contributed by atoms with Crippen LogP contribution in [0.1, 0.15) is 30.7 Å². The summed E-state index contributed by atoms with van der Waals surface area (Å²) < 4.78 is 0. The minimum absolute atomic E-state index is 0.0385. The molecule has 6 nitrogen and oxygen atoms in total. The van der Waals surface area contributed by atoms with Crippen molar-refractivity contribution in [3.05, 3.63) is 16.6 Å². The lowest BCUT2D eigenvalue weighted by Gasteiger charge is -2.28. The smallest absolute Gasteiger partial charge is 0.240 e. The third-order valence-corrected chi connectivity index (χ3v) is 4.29. The van der Waals surface area contributed by atoms with Gasteiger partial charge in [0, 0.05) is 11.6 Å². The van der Waals surface area contributed by atoms with Crippen LogP contribution in [0.4, 0.5) is 0 Å². The summed E-state index contributed by atoms with van der Waals surface area (Å²) in [5, 5.41) is 8.37. The van der Waals surface area contributed by atoms with E-state index in [2.05, 4.69) is 15.6 Å². The van der Waals surface area contributed by atoms with Crippen molar-refractivity contribution in [2.24, 2.45) is 5.73 Å². The molecule has 0 spiro atoms. The molecule has 2 rings (SSSR count). The molecule has 0 saturated heterocycles. The van der Waals surface area contributed by atoms with E-state index < -0.39 is 0 Å². The van der Waals surface area contributed by atoms with E-state index >= 15 is 0 Å². The normalized spacial score (nSPS) is 17.1. The molecule has 0 bridgehead atoms. The molecule has 0 radical (unpaired) electrons. The highest BCUT2D eigenvalue weighted by molar-refractivity contribution is 7.09. The van der Waals surface area contributed by atoms with Crippen LogP contribution in [-0.2, 0) is 15.1 Å². The first-order valence-corrected chi connectivity index (χ1v) is 7.22. The highest BCUT2D eigenvalue weighted by atomic mass is 32.1. The van der Waals surface area contributed by atoms with Crippen molar-refractivity contribution in [3.63, 3.8) is 0 Å². The van der Waals surface area contributed by atoms with E-state index in [1.54, 1.807) is 17.5 Å². The maximum absolute atomic E-state index is 11.9. The van der Waals surface area contributed by atoms with E-state index in [4.69, 9.17) is 5.73 Å². The third-order valence-electron chi connectivity index (χ3n) is 3.31. The lowest BCUT2D eigenvalue weighted by molar-refractivity contribution is -0.126. The van der Waals surface area contributed by atoms with Gasteiger partial charge in [0.1, 0.15) is 5.01 Å². The van der Waals surface area contributed by atoms with Crippen LogP contribution in [0.3, 0.4) is 0 Å². The van der Waals surface area contributed by atoms with Crippen LogP contribution in [0.5, 0.6) is 0 Å². The van der Waals surface area contributed by atoms with Gasteiger partial charge in [0.15, 0.2) is 0 Å². The molecule has 1 aromatic heterocycles. The summed E-state index contributed by atoms with van der Waals surface area (Å²) in [5.41, 5.74) is 4.82. The summed E-state index contributed by atoms with van der Waals surface area (Å²) in [6.45, 7) is -0.145. The average Bonchev–Trinajstić information content (AvgIpc) is 3.07. The second-order valence-electron chi connectivity index (χ2n) is 4.66. The number of nitrogens with two attached hydrogens (primary N) is 1. The Morgan fingerprint density at radius 1 is 1.37 bits per heavy atom. The number of hydrogen-bond acceptors (Lipinski definition) is 5. The molecule has 1 aliphatic carbocycles.